The van der Waals surface area contributed by atoms with E-state index >= 15 is 0 Å². The van der Waals surface area contributed by atoms with Crippen LogP contribution in [0.15, 0.2) is 27.1 Å². The molecule has 0 aliphatic heterocycles. The van der Waals surface area contributed by atoms with E-state index in [4.69, 9.17) is 18.0 Å². The first kappa shape index (κ1) is 16.6. The van der Waals surface area contributed by atoms with Gasteiger partial charge in [-0.25, -0.2) is 0 Å². The van der Waals surface area contributed by atoms with Crippen molar-refractivity contribution in [1.29, 1.82) is 0 Å². The average molecular weight is 408 g/mol. The van der Waals surface area contributed by atoms with E-state index in [1.165, 1.54) is 0 Å². The van der Waals surface area contributed by atoms with Gasteiger partial charge < -0.3 is 11.1 Å². The minimum absolute atomic E-state index is 0.182. The molecule has 0 fully saturated rings. The second-order valence-corrected chi connectivity index (χ2v) is 6.54. The third-order valence-electron chi connectivity index (χ3n) is 3.16. The van der Waals surface area contributed by atoms with Crippen molar-refractivity contribution in [3.8, 4) is 0 Å². The maximum absolute atomic E-state index is 12.3. The molecular formula is C13H16Br2N2OS. The van der Waals surface area contributed by atoms with Crippen molar-refractivity contribution in [3.05, 3.63) is 32.7 Å². The van der Waals surface area contributed by atoms with E-state index in [1.807, 2.05) is 19.9 Å². The predicted octanol–water partition coefficient (Wildman–Crippen LogP) is 3.79. The lowest BCUT2D eigenvalue weighted by Gasteiger charge is -2.31. The number of hydrogen-bond acceptors (Lipinski definition) is 2. The molecule has 1 aromatic rings. The Morgan fingerprint density at radius 3 is 2.11 bits per heavy atom. The summed E-state index contributed by atoms with van der Waals surface area (Å²) in [5, 5.41) is 2.95. The van der Waals surface area contributed by atoms with Gasteiger partial charge in [0.1, 0.15) is 0 Å². The molecule has 3 N–H and O–H groups in total. The normalized spacial score (nSPS) is 11.2. The highest BCUT2D eigenvalue weighted by Gasteiger charge is 2.31. The van der Waals surface area contributed by atoms with Crippen molar-refractivity contribution in [2.75, 3.05) is 0 Å². The maximum Gasteiger partial charge on any atom is 0.252 e. The Labute approximate surface area is 135 Å². The van der Waals surface area contributed by atoms with E-state index in [2.05, 4.69) is 37.2 Å². The van der Waals surface area contributed by atoms with Gasteiger partial charge in [-0.3, -0.25) is 4.79 Å². The fourth-order valence-corrected chi connectivity index (χ4v) is 3.44. The number of hydrogen-bond donors (Lipinski definition) is 2. The smallest absolute Gasteiger partial charge is 0.252 e. The highest BCUT2D eigenvalue weighted by atomic mass is 79.9. The zero-order valence-corrected chi connectivity index (χ0v) is 14.8. The van der Waals surface area contributed by atoms with Gasteiger partial charge in [-0.1, -0.05) is 57.9 Å². The molecule has 0 radical (unpaired) electrons. The Balaban J connectivity index is 3.03. The second kappa shape index (κ2) is 6.81. The Hall–Kier alpha value is -0.460. The van der Waals surface area contributed by atoms with E-state index in [0.29, 0.717) is 23.4 Å². The van der Waals surface area contributed by atoms with Gasteiger partial charge in [0.15, 0.2) is 0 Å². The molecule has 1 aromatic carbocycles. The molecule has 0 aromatic heterocycles. The molecule has 19 heavy (non-hydrogen) atoms. The number of carbonyl (C=O) groups excluding carboxylic acids is 1. The van der Waals surface area contributed by atoms with Gasteiger partial charge in [0.05, 0.1) is 10.5 Å². The van der Waals surface area contributed by atoms with E-state index in [0.717, 1.165) is 8.95 Å². The summed E-state index contributed by atoms with van der Waals surface area (Å²) < 4.78 is 1.67. The highest BCUT2D eigenvalue weighted by molar-refractivity contribution is 9.11. The molecule has 0 saturated heterocycles. The Kier molecular flexibility index (Phi) is 5.95. The quantitative estimate of drug-likeness (QED) is 0.730. The van der Waals surface area contributed by atoms with Gasteiger partial charge in [-0.05, 0) is 31.0 Å². The van der Waals surface area contributed by atoms with Crippen LogP contribution in [0.5, 0.6) is 0 Å². The highest BCUT2D eigenvalue weighted by Crippen LogP contribution is 2.22. The van der Waals surface area contributed by atoms with Crippen LogP contribution in [-0.2, 0) is 0 Å². The fraction of sp³-hybridized carbons (Fsp3) is 0.385. The molecule has 0 heterocycles. The maximum atomic E-state index is 12.3. The molecule has 0 unspecified atom stereocenters. The van der Waals surface area contributed by atoms with Gasteiger partial charge in [0.25, 0.3) is 5.91 Å². The molecule has 0 aliphatic carbocycles. The van der Waals surface area contributed by atoms with Gasteiger partial charge in [-0.15, -0.1) is 0 Å². The lowest BCUT2D eigenvalue weighted by molar-refractivity contribution is 0.0919. The van der Waals surface area contributed by atoms with Crippen LogP contribution in [0.3, 0.4) is 0 Å². The molecule has 0 aliphatic rings. The summed E-state index contributed by atoms with van der Waals surface area (Å²) in [5.41, 5.74) is 5.71. The second-order valence-electron chi connectivity index (χ2n) is 4.27. The minimum atomic E-state index is -0.624. The summed E-state index contributed by atoms with van der Waals surface area (Å²) in [5.74, 6) is -0.182. The van der Waals surface area contributed by atoms with Crippen molar-refractivity contribution in [2.45, 2.75) is 32.2 Å². The third-order valence-corrected chi connectivity index (χ3v) is 4.46. The van der Waals surface area contributed by atoms with Crippen LogP contribution in [0.2, 0.25) is 0 Å². The molecule has 3 nitrogen and oxygen atoms in total. The number of carbonyl (C=O) groups is 1. The van der Waals surface area contributed by atoms with Crippen LogP contribution in [-0.4, -0.2) is 16.4 Å². The summed E-state index contributed by atoms with van der Waals surface area (Å²) in [7, 11) is 0. The van der Waals surface area contributed by atoms with Crippen LogP contribution in [0, 0.1) is 0 Å². The van der Waals surface area contributed by atoms with E-state index in [-0.39, 0.29) is 5.91 Å². The minimum Gasteiger partial charge on any atom is -0.391 e. The number of halogens is 2. The number of amides is 1. The van der Waals surface area contributed by atoms with Crippen LogP contribution < -0.4 is 11.1 Å². The van der Waals surface area contributed by atoms with Gasteiger partial charge >= 0.3 is 0 Å². The van der Waals surface area contributed by atoms with Crippen LogP contribution in [0.1, 0.15) is 37.0 Å². The summed E-state index contributed by atoms with van der Waals surface area (Å²) in [4.78, 5) is 12.6. The van der Waals surface area contributed by atoms with Gasteiger partial charge in [0.2, 0.25) is 0 Å². The van der Waals surface area contributed by atoms with Crippen molar-refractivity contribution < 1.29 is 4.79 Å². The Morgan fingerprint density at radius 2 is 1.74 bits per heavy atom. The molecule has 1 amide bonds. The molecule has 1 rings (SSSR count). The first-order valence-corrected chi connectivity index (χ1v) is 7.92. The average Bonchev–Trinajstić information content (AvgIpc) is 2.34. The van der Waals surface area contributed by atoms with Crippen molar-refractivity contribution >= 4 is 55.0 Å². The standard InChI is InChI=1S/C13H16Br2N2OS/c1-3-13(4-2,12(16)19)17-11(18)8-5-9(14)7-10(15)6-8/h5-7H,3-4H2,1-2H3,(H2,16,19)(H,17,18). The third kappa shape index (κ3) is 4.00. The predicted molar refractivity (Wildman–Crippen MR) is 89.4 cm³/mol. The largest absolute Gasteiger partial charge is 0.391 e. The van der Waals surface area contributed by atoms with Crippen molar-refractivity contribution in [1.82, 2.24) is 5.32 Å². The van der Waals surface area contributed by atoms with E-state index in [9.17, 15) is 4.79 Å². The summed E-state index contributed by atoms with van der Waals surface area (Å²) in [6, 6.07) is 5.39. The monoisotopic (exact) mass is 406 g/mol. The summed E-state index contributed by atoms with van der Waals surface area (Å²) in [6.45, 7) is 3.92. The summed E-state index contributed by atoms with van der Waals surface area (Å²) in [6.07, 6.45) is 1.33. The number of nitrogens with one attached hydrogen (secondary N) is 1. The molecule has 0 atom stereocenters. The lowest BCUT2D eigenvalue weighted by atomic mass is 9.92. The molecule has 104 valence electrons. The molecular weight excluding hydrogens is 392 g/mol. The Morgan fingerprint density at radius 1 is 1.26 bits per heavy atom. The zero-order valence-electron chi connectivity index (χ0n) is 10.8. The van der Waals surface area contributed by atoms with E-state index in [1.54, 1.807) is 12.1 Å². The van der Waals surface area contributed by atoms with Crippen LogP contribution in [0.25, 0.3) is 0 Å². The molecule has 0 saturated carbocycles. The topological polar surface area (TPSA) is 55.1 Å². The molecule has 0 bridgehead atoms. The van der Waals surface area contributed by atoms with Crippen molar-refractivity contribution in [2.24, 2.45) is 5.73 Å². The van der Waals surface area contributed by atoms with Crippen LogP contribution in [0.4, 0.5) is 0 Å². The molecule has 0 spiro atoms. The number of benzene rings is 1. The first-order valence-electron chi connectivity index (χ1n) is 5.93. The van der Waals surface area contributed by atoms with Gasteiger partial charge in [0, 0.05) is 14.5 Å². The van der Waals surface area contributed by atoms with E-state index < -0.39 is 5.54 Å². The Bertz CT molecular complexity index is 481. The number of thiocarbonyl (C=S) groups is 1. The molecule has 6 heteroatoms. The lowest BCUT2D eigenvalue weighted by Crippen LogP contribution is -2.55. The van der Waals surface area contributed by atoms with Gasteiger partial charge in [-0.2, -0.15) is 0 Å². The summed E-state index contributed by atoms with van der Waals surface area (Å²) >= 11 is 11.8. The zero-order chi connectivity index (χ0) is 14.6. The van der Waals surface area contributed by atoms with Crippen LogP contribution >= 0.6 is 44.1 Å². The number of nitrogens with two attached hydrogens (primary N) is 1. The van der Waals surface area contributed by atoms with Crippen molar-refractivity contribution in [3.63, 3.8) is 0 Å². The first-order chi connectivity index (χ1) is 8.84. The number of rotatable bonds is 5. The fourth-order valence-electron chi connectivity index (χ4n) is 1.81. The SMILES string of the molecule is CCC(CC)(NC(=O)c1cc(Br)cc(Br)c1)C(N)=S.